The second-order valence-corrected chi connectivity index (χ2v) is 4.15. The third-order valence-corrected chi connectivity index (χ3v) is 2.03. The number of methoxy groups -OCH3 is 1. The SMILES string of the molecule is COc1cccc(COC(=O)C(C)(C)N)c1. The van der Waals surface area contributed by atoms with Crippen LogP contribution in [-0.4, -0.2) is 18.6 Å². The van der Waals surface area contributed by atoms with Gasteiger partial charge in [-0.05, 0) is 31.5 Å². The normalized spacial score (nSPS) is 11.0. The number of ether oxygens (including phenoxy) is 2. The Hall–Kier alpha value is -1.55. The van der Waals surface area contributed by atoms with E-state index in [1.165, 1.54) is 0 Å². The molecule has 0 unspecified atom stereocenters. The van der Waals surface area contributed by atoms with Crippen molar-refractivity contribution in [2.45, 2.75) is 26.0 Å². The Balaban J connectivity index is 2.58. The molecule has 0 aromatic heterocycles. The first-order valence-electron chi connectivity index (χ1n) is 5.02. The predicted octanol–water partition coefficient (Wildman–Crippen LogP) is 1.48. The van der Waals surface area contributed by atoms with Crippen LogP contribution in [0.25, 0.3) is 0 Å². The largest absolute Gasteiger partial charge is 0.497 e. The van der Waals surface area contributed by atoms with Crippen molar-refractivity contribution in [3.63, 3.8) is 0 Å². The van der Waals surface area contributed by atoms with Crippen molar-refractivity contribution in [3.8, 4) is 5.75 Å². The minimum atomic E-state index is -0.959. The third kappa shape index (κ3) is 3.55. The predicted molar refractivity (Wildman–Crippen MR) is 61.1 cm³/mol. The topological polar surface area (TPSA) is 61.5 Å². The molecule has 1 rings (SSSR count). The molecular weight excluding hydrogens is 206 g/mol. The monoisotopic (exact) mass is 223 g/mol. The second kappa shape index (κ2) is 4.99. The highest BCUT2D eigenvalue weighted by Gasteiger charge is 2.23. The fraction of sp³-hybridized carbons (Fsp3) is 0.417. The van der Waals surface area contributed by atoms with E-state index in [1.807, 2.05) is 24.3 Å². The van der Waals surface area contributed by atoms with E-state index in [1.54, 1.807) is 21.0 Å². The Morgan fingerprint density at radius 2 is 2.12 bits per heavy atom. The van der Waals surface area contributed by atoms with Crippen LogP contribution in [0.2, 0.25) is 0 Å². The Bertz CT molecular complexity index is 369. The average Bonchev–Trinajstić information content (AvgIpc) is 2.25. The van der Waals surface area contributed by atoms with Crippen LogP contribution in [0.4, 0.5) is 0 Å². The van der Waals surface area contributed by atoms with Crippen molar-refractivity contribution in [1.29, 1.82) is 0 Å². The molecule has 16 heavy (non-hydrogen) atoms. The van der Waals surface area contributed by atoms with Gasteiger partial charge < -0.3 is 15.2 Å². The fourth-order valence-corrected chi connectivity index (χ4v) is 1.10. The van der Waals surface area contributed by atoms with Gasteiger partial charge in [0.2, 0.25) is 0 Å². The van der Waals surface area contributed by atoms with Crippen LogP contribution in [0.1, 0.15) is 19.4 Å². The number of esters is 1. The number of carbonyl (C=O) groups is 1. The van der Waals surface area contributed by atoms with Crippen LogP contribution in [0, 0.1) is 0 Å². The molecule has 0 fully saturated rings. The molecule has 1 aromatic carbocycles. The Morgan fingerprint density at radius 3 is 2.69 bits per heavy atom. The van der Waals surface area contributed by atoms with Crippen molar-refractivity contribution in [2.24, 2.45) is 5.73 Å². The molecule has 0 amide bonds. The molecular formula is C12H17NO3. The van der Waals surface area contributed by atoms with E-state index >= 15 is 0 Å². The van der Waals surface area contributed by atoms with Gasteiger partial charge in [0.25, 0.3) is 0 Å². The standard InChI is InChI=1S/C12H17NO3/c1-12(2,13)11(14)16-8-9-5-4-6-10(7-9)15-3/h4-7H,8,13H2,1-3H3. The van der Waals surface area contributed by atoms with E-state index in [-0.39, 0.29) is 6.61 Å². The number of carbonyl (C=O) groups excluding carboxylic acids is 1. The lowest BCUT2D eigenvalue weighted by Gasteiger charge is -2.16. The first kappa shape index (κ1) is 12.5. The highest BCUT2D eigenvalue weighted by atomic mass is 16.5. The van der Waals surface area contributed by atoms with E-state index in [0.717, 1.165) is 11.3 Å². The second-order valence-electron chi connectivity index (χ2n) is 4.15. The van der Waals surface area contributed by atoms with Crippen LogP contribution < -0.4 is 10.5 Å². The third-order valence-electron chi connectivity index (χ3n) is 2.03. The van der Waals surface area contributed by atoms with Crippen molar-refractivity contribution >= 4 is 5.97 Å². The van der Waals surface area contributed by atoms with E-state index < -0.39 is 11.5 Å². The highest BCUT2D eigenvalue weighted by Crippen LogP contribution is 2.14. The lowest BCUT2D eigenvalue weighted by Crippen LogP contribution is -2.42. The maximum Gasteiger partial charge on any atom is 0.325 e. The first-order valence-corrected chi connectivity index (χ1v) is 5.02. The summed E-state index contributed by atoms with van der Waals surface area (Å²) in [5.74, 6) is 0.316. The van der Waals surface area contributed by atoms with E-state index in [0.29, 0.717) is 0 Å². The molecule has 0 aliphatic heterocycles. The summed E-state index contributed by atoms with van der Waals surface area (Å²) in [6.45, 7) is 3.43. The number of hydrogen-bond donors (Lipinski definition) is 1. The van der Waals surface area contributed by atoms with Crippen LogP contribution >= 0.6 is 0 Å². The summed E-state index contributed by atoms with van der Waals surface area (Å²) in [5.41, 5.74) is 5.51. The summed E-state index contributed by atoms with van der Waals surface area (Å²) in [5, 5.41) is 0. The van der Waals surface area contributed by atoms with Gasteiger partial charge in [-0.1, -0.05) is 12.1 Å². The Labute approximate surface area is 95.3 Å². The summed E-state index contributed by atoms with van der Waals surface area (Å²) in [6, 6.07) is 7.35. The van der Waals surface area contributed by atoms with Crippen LogP contribution in [0.3, 0.4) is 0 Å². The molecule has 0 aliphatic carbocycles. The molecule has 0 saturated carbocycles. The summed E-state index contributed by atoms with van der Waals surface area (Å²) < 4.78 is 10.1. The summed E-state index contributed by atoms with van der Waals surface area (Å²) in [6.07, 6.45) is 0. The number of rotatable bonds is 4. The van der Waals surface area contributed by atoms with Crippen LogP contribution in [0.5, 0.6) is 5.75 Å². The van der Waals surface area contributed by atoms with Gasteiger partial charge in [-0.15, -0.1) is 0 Å². The molecule has 88 valence electrons. The van der Waals surface area contributed by atoms with Gasteiger partial charge in [0.15, 0.2) is 0 Å². The molecule has 1 aromatic rings. The van der Waals surface area contributed by atoms with E-state index in [9.17, 15) is 4.79 Å². The molecule has 0 bridgehead atoms. The maximum atomic E-state index is 11.4. The van der Waals surface area contributed by atoms with Crippen molar-refractivity contribution in [2.75, 3.05) is 7.11 Å². The zero-order chi connectivity index (χ0) is 12.2. The Kier molecular flexibility index (Phi) is 3.90. The van der Waals surface area contributed by atoms with Gasteiger partial charge in [-0.2, -0.15) is 0 Å². The van der Waals surface area contributed by atoms with Crippen molar-refractivity contribution in [3.05, 3.63) is 29.8 Å². The minimum absolute atomic E-state index is 0.205. The molecule has 0 saturated heterocycles. The number of benzene rings is 1. The van der Waals surface area contributed by atoms with Gasteiger partial charge in [-0.25, -0.2) is 0 Å². The molecule has 0 spiro atoms. The smallest absolute Gasteiger partial charge is 0.325 e. The lowest BCUT2D eigenvalue weighted by atomic mass is 10.1. The van der Waals surface area contributed by atoms with E-state index in [2.05, 4.69) is 0 Å². The summed E-state index contributed by atoms with van der Waals surface area (Å²) >= 11 is 0. The molecule has 0 atom stereocenters. The number of nitrogens with two attached hydrogens (primary N) is 1. The molecule has 4 heteroatoms. The number of hydrogen-bond acceptors (Lipinski definition) is 4. The highest BCUT2D eigenvalue weighted by molar-refractivity contribution is 5.79. The Morgan fingerprint density at radius 1 is 1.44 bits per heavy atom. The lowest BCUT2D eigenvalue weighted by molar-refractivity contribution is -0.150. The fourth-order valence-electron chi connectivity index (χ4n) is 1.10. The average molecular weight is 223 g/mol. The van der Waals surface area contributed by atoms with Crippen molar-refractivity contribution in [1.82, 2.24) is 0 Å². The summed E-state index contributed by atoms with van der Waals surface area (Å²) in [7, 11) is 1.59. The quantitative estimate of drug-likeness (QED) is 0.785. The van der Waals surface area contributed by atoms with Gasteiger partial charge in [-0.3, -0.25) is 4.79 Å². The summed E-state index contributed by atoms with van der Waals surface area (Å²) in [4.78, 5) is 11.4. The zero-order valence-electron chi connectivity index (χ0n) is 9.82. The van der Waals surface area contributed by atoms with E-state index in [4.69, 9.17) is 15.2 Å². The molecule has 2 N–H and O–H groups in total. The molecule has 0 heterocycles. The first-order chi connectivity index (χ1) is 7.43. The van der Waals surface area contributed by atoms with Crippen molar-refractivity contribution < 1.29 is 14.3 Å². The van der Waals surface area contributed by atoms with Gasteiger partial charge in [0.05, 0.1) is 7.11 Å². The van der Waals surface area contributed by atoms with Gasteiger partial charge in [0.1, 0.15) is 17.9 Å². The van der Waals surface area contributed by atoms with Gasteiger partial charge in [0, 0.05) is 0 Å². The molecule has 0 radical (unpaired) electrons. The van der Waals surface area contributed by atoms with Crippen LogP contribution in [0.15, 0.2) is 24.3 Å². The minimum Gasteiger partial charge on any atom is -0.497 e. The van der Waals surface area contributed by atoms with Crippen LogP contribution in [-0.2, 0) is 16.1 Å². The molecule has 4 nitrogen and oxygen atoms in total. The molecule has 0 aliphatic rings. The van der Waals surface area contributed by atoms with Gasteiger partial charge >= 0.3 is 5.97 Å². The maximum absolute atomic E-state index is 11.4. The zero-order valence-corrected chi connectivity index (χ0v) is 9.82.